The van der Waals surface area contributed by atoms with Gasteiger partial charge in [0.1, 0.15) is 6.67 Å². The Bertz CT molecular complexity index is 123. The fourth-order valence-corrected chi connectivity index (χ4v) is 1.96. The van der Waals surface area contributed by atoms with Crippen LogP contribution in [-0.2, 0) is 0 Å². The molecule has 1 nitrogen and oxygen atoms in total. The van der Waals surface area contributed by atoms with Gasteiger partial charge in [0.15, 0.2) is 0 Å². The molecule has 0 radical (unpaired) electrons. The number of halogens is 1. The molecule has 72 valence electrons. The summed E-state index contributed by atoms with van der Waals surface area (Å²) in [5.74, 6) is 1.55. The van der Waals surface area contributed by atoms with Crippen LogP contribution in [0.5, 0.6) is 0 Å². The molecule has 0 aromatic rings. The topological polar surface area (TPSA) is 3.24 Å². The van der Waals surface area contributed by atoms with Crippen LogP contribution >= 0.6 is 0 Å². The van der Waals surface area contributed by atoms with E-state index in [2.05, 4.69) is 18.7 Å². The van der Waals surface area contributed by atoms with Gasteiger partial charge in [-0.15, -0.1) is 0 Å². The van der Waals surface area contributed by atoms with Crippen molar-refractivity contribution in [3.05, 3.63) is 0 Å². The minimum absolute atomic E-state index is 0.190. The molecule has 12 heavy (non-hydrogen) atoms. The number of likely N-dealkylation sites (tertiary alicyclic amines) is 1. The highest BCUT2D eigenvalue weighted by Gasteiger charge is 2.21. The van der Waals surface area contributed by atoms with Crippen molar-refractivity contribution in [3.8, 4) is 0 Å². The molecule has 0 amide bonds. The van der Waals surface area contributed by atoms with Gasteiger partial charge in [0.2, 0.25) is 0 Å². The third kappa shape index (κ3) is 2.74. The van der Waals surface area contributed by atoms with Crippen molar-refractivity contribution in [2.24, 2.45) is 11.8 Å². The van der Waals surface area contributed by atoms with Gasteiger partial charge in [-0.05, 0) is 31.2 Å². The van der Waals surface area contributed by atoms with E-state index in [1.807, 2.05) is 0 Å². The van der Waals surface area contributed by atoms with Gasteiger partial charge in [-0.1, -0.05) is 13.8 Å². The van der Waals surface area contributed by atoms with E-state index in [4.69, 9.17) is 0 Å². The summed E-state index contributed by atoms with van der Waals surface area (Å²) in [6, 6.07) is 0. The molecule has 0 N–H and O–H groups in total. The molecule has 0 aromatic carbocycles. The Morgan fingerprint density at radius 3 is 2.83 bits per heavy atom. The second kappa shape index (κ2) is 4.80. The van der Waals surface area contributed by atoms with Crippen LogP contribution in [0.25, 0.3) is 0 Å². The first-order valence-electron chi connectivity index (χ1n) is 5.02. The average Bonchev–Trinajstić information content (AvgIpc) is 2.05. The molecule has 0 saturated carbocycles. The smallest absolute Gasteiger partial charge is 0.102 e. The van der Waals surface area contributed by atoms with Gasteiger partial charge >= 0.3 is 0 Å². The van der Waals surface area contributed by atoms with Crippen LogP contribution in [0.4, 0.5) is 4.39 Å². The van der Waals surface area contributed by atoms with Crippen LogP contribution in [0.2, 0.25) is 0 Å². The molecule has 1 rings (SSSR count). The van der Waals surface area contributed by atoms with E-state index in [-0.39, 0.29) is 6.67 Å². The predicted molar refractivity (Wildman–Crippen MR) is 50.0 cm³/mol. The molecular weight excluding hydrogens is 153 g/mol. The first-order chi connectivity index (χ1) is 5.74. The maximum absolute atomic E-state index is 12.1. The minimum Gasteiger partial charge on any atom is -0.300 e. The average molecular weight is 173 g/mol. The predicted octanol–water partition coefficient (Wildman–Crippen LogP) is 2.32. The molecule has 1 fully saturated rings. The Labute approximate surface area is 74.9 Å². The van der Waals surface area contributed by atoms with Crippen LogP contribution in [-0.4, -0.2) is 31.2 Å². The van der Waals surface area contributed by atoms with E-state index in [9.17, 15) is 4.39 Å². The van der Waals surface area contributed by atoms with Gasteiger partial charge in [-0.2, -0.15) is 0 Å². The SMILES string of the molecule is CC(C)[C@H]1CCCN(CCF)C1. The van der Waals surface area contributed by atoms with Crippen LogP contribution in [0, 0.1) is 11.8 Å². The molecular formula is C10H20FN. The second-order valence-electron chi connectivity index (χ2n) is 4.14. The lowest BCUT2D eigenvalue weighted by Gasteiger charge is -2.34. The molecule has 0 unspecified atom stereocenters. The van der Waals surface area contributed by atoms with Gasteiger partial charge in [-0.3, -0.25) is 0 Å². The Hall–Kier alpha value is -0.110. The maximum Gasteiger partial charge on any atom is 0.102 e. The van der Waals surface area contributed by atoms with Crippen LogP contribution in [0.3, 0.4) is 0 Å². The summed E-state index contributed by atoms with van der Waals surface area (Å²) >= 11 is 0. The molecule has 0 aromatic heterocycles. The summed E-state index contributed by atoms with van der Waals surface area (Å²) in [6.45, 7) is 7.20. The summed E-state index contributed by atoms with van der Waals surface area (Å²) in [6.07, 6.45) is 2.59. The number of alkyl halides is 1. The fraction of sp³-hybridized carbons (Fsp3) is 1.00. The summed E-state index contributed by atoms with van der Waals surface area (Å²) in [5.41, 5.74) is 0. The van der Waals surface area contributed by atoms with Crippen LogP contribution in [0.1, 0.15) is 26.7 Å². The fourth-order valence-electron chi connectivity index (χ4n) is 1.96. The summed E-state index contributed by atoms with van der Waals surface area (Å²) < 4.78 is 12.1. The zero-order valence-corrected chi connectivity index (χ0v) is 8.22. The quantitative estimate of drug-likeness (QED) is 0.633. The van der Waals surface area contributed by atoms with Crippen molar-refractivity contribution in [2.45, 2.75) is 26.7 Å². The van der Waals surface area contributed by atoms with Gasteiger partial charge in [0.05, 0.1) is 0 Å². The van der Waals surface area contributed by atoms with Crippen LogP contribution < -0.4 is 0 Å². The molecule has 1 atom stereocenters. The maximum atomic E-state index is 12.1. The van der Waals surface area contributed by atoms with Crippen molar-refractivity contribution in [2.75, 3.05) is 26.3 Å². The molecule has 0 spiro atoms. The van der Waals surface area contributed by atoms with Crippen molar-refractivity contribution in [1.82, 2.24) is 4.90 Å². The number of rotatable bonds is 3. The molecule has 0 aliphatic carbocycles. The molecule has 1 saturated heterocycles. The summed E-state index contributed by atoms with van der Waals surface area (Å²) in [5, 5.41) is 0. The Balaban J connectivity index is 2.30. The van der Waals surface area contributed by atoms with E-state index in [0.717, 1.165) is 24.9 Å². The Morgan fingerprint density at radius 1 is 1.50 bits per heavy atom. The largest absolute Gasteiger partial charge is 0.300 e. The van der Waals surface area contributed by atoms with Crippen molar-refractivity contribution in [1.29, 1.82) is 0 Å². The van der Waals surface area contributed by atoms with E-state index in [0.29, 0.717) is 6.54 Å². The normalized spacial score (nSPS) is 26.5. The zero-order valence-electron chi connectivity index (χ0n) is 8.22. The first kappa shape index (κ1) is 9.97. The van der Waals surface area contributed by atoms with Gasteiger partial charge in [0, 0.05) is 13.1 Å². The highest BCUT2D eigenvalue weighted by Crippen LogP contribution is 2.22. The molecule has 1 aliphatic rings. The van der Waals surface area contributed by atoms with E-state index >= 15 is 0 Å². The van der Waals surface area contributed by atoms with E-state index in [1.54, 1.807) is 0 Å². The van der Waals surface area contributed by atoms with E-state index in [1.165, 1.54) is 12.8 Å². The summed E-state index contributed by atoms with van der Waals surface area (Å²) in [4.78, 5) is 2.26. The van der Waals surface area contributed by atoms with Crippen molar-refractivity contribution < 1.29 is 4.39 Å². The molecule has 2 heteroatoms. The highest BCUT2D eigenvalue weighted by atomic mass is 19.1. The van der Waals surface area contributed by atoms with Gasteiger partial charge < -0.3 is 4.90 Å². The lowest BCUT2D eigenvalue weighted by Crippen LogP contribution is -2.38. The summed E-state index contributed by atoms with van der Waals surface area (Å²) in [7, 11) is 0. The van der Waals surface area contributed by atoms with Crippen molar-refractivity contribution >= 4 is 0 Å². The van der Waals surface area contributed by atoms with Crippen molar-refractivity contribution in [3.63, 3.8) is 0 Å². The number of hydrogen-bond acceptors (Lipinski definition) is 1. The van der Waals surface area contributed by atoms with E-state index < -0.39 is 0 Å². The highest BCUT2D eigenvalue weighted by molar-refractivity contribution is 4.74. The third-order valence-electron chi connectivity index (χ3n) is 2.89. The first-order valence-corrected chi connectivity index (χ1v) is 5.02. The Kier molecular flexibility index (Phi) is 3.99. The van der Waals surface area contributed by atoms with Gasteiger partial charge in [0.25, 0.3) is 0 Å². The minimum atomic E-state index is -0.190. The molecule has 0 bridgehead atoms. The molecule has 1 heterocycles. The lowest BCUT2D eigenvalue weighted by molar-refractivity contribution is 0.137. The monoisotopic (exact) mass is 173 g/mol. The van der Waals surface area contributed by atoms with Gasteiger partial charge in [-0.25, -0.2) is 4.39 Å². The standard InChI is InChI=1S/C10H20FN/c1-9(2)10-4-3-6-12(8-10)7-5-11/h9-10H,3-8H2,1-2H3/t10-/m0/s1. The molecule has 1 aliphatic heterocycles. The number of piperidine rings is 1. The second-order valence-corrected chi connectivity index (χ2v) is 4.14. The number of hydrogen-bond donors (Lipinski definition) is 0. The lowest BCUT2D eigenvalue weighted by atomic mass is 9.88. The third-order valence-corrected chi connectivity index (χ3v) is 2.89. The zero-order chi connectivity index (χ0) is 8.97. The Morgan fingerprint density at radius 2 is 2.25 bits per heavy atom. The van der Waals surface area contributed by atoms with Crippen LogP contribution in [0.15, 0.2) is 0 Å². The number of nitrogens with zero attached hydrogens (tertiary/aromatic N) is 1.